The predicted molar refractivity (Wildman–Crippen MR) is 72.7 cm³/mol. The fourth-order valence-corrected chi connectivity index (χ4v) is 2.08. The van der Waals surface area contributed by atoms with Crippen molar-refractivity contribution in [2.75, 3.05) is 0 Å². The lowest BCUT2D eigenvalue weighted by Gasteiger charge is -2.11. The Bertz CT molecular complexity index is 536. The maximum absolute atomic E-state index is 10.1. The molecule has 0 radical (unpaired) electrons. The summed E-state index contributed by atoms with van der Waals surface area (Å²) in [4.78, 5) is 0. The summed E-state index contributed by atoms with van der Waals surface area (Å²) in [6.45, 7) is 1.95. The van der Waals surface area contributed by atoms with E-state index < -0.39 is 6.10 Å². The highest BCUT2D eigenvalue weighted by molar-refractivity contribution is 6.31. The minimum atomic E-state index is -0.483. The highest BCUT2D eigenvalue weighted by Gasteiger charge is 2.09. The highest BCUT2D eigenvalue weighted by Crippen LogP contribution is 2.24. The summed E-state index contributed by atoms with van der Waals surface area (Å²) in [5.41, 5.74) is 3.03. The summed E-state index contributed by atoms with van der Waals surface area (Å²) in [6, 6.07) is 5.70. The van der Waals surface area contributed by atoms with E-state index in [1.807, 2.05) is 44.6 Å². The molecule has 3 nitrogen and oxygen atoms in total. The summed E-state index contributed by atoms with van der Waals surface area (Å²) in [6.07, 6.45) is 4.79. The van der Waals surface area contributed by atoms with Gasteiger partial charge < -0.3 is 5.11 Å². The second kappa shape index (κ2) is 5.55. The van der Waals surface area contributed by atoms with Gasteiger partial charge in [-0.1, -0.05) is 23.7 Å². The second-order valence-electron chi connectivity index (χ2n) is 4.59. The Hall–Kier alpha value is -1.32. The van der Waals surface area contributed by atoms with E-state index in [2.05, 4.69) is 5.10 Å². The molecule has 4 heteroatoms. The Labute approximate surface area is 112 Å². The summed E-state index contributed by atoms with van der Waals surface area (Å²) < 4.78 is 1.77. The van der Waals surface area contributed by atoms with Crippen LogP contribution in [0.3, 0.4) is 0 Å². The highest BCUT2D eigenvalue weighted by atomic mass is 35.5. The van der Waals surface area contributed by atoms with E-state index in [4.69, 9.17) is 11.6 Å². The number of aliphatic hydroxyl groups excluding tert-OH is 1. The predicted octanol–water partition coefficient (Wildman–Crippen LogP) is 3.05. The molecule has 0 saturated heterocycles. The van der Waals surface area contributed by atoms with Gasteiger partial charge in [0.2, 0.25) is 0 Å². The first-order chi connectivity index (χ1) is 8.56. The van der Waals surface area contributed by atoms with Gasteiger partial charge in [0.25, 0.3) is 0 Å². The van der Waals surface area contributed by atoms with Crippen LogP contribution in [0, 0.1) is 6.92 Å². The molecule has 0 fully saturated rings. The van der Waals surface area contributed by atoms with Crippen molar-refractivity contribution in [2.24, 2.45) is 7.05 Å². The molecule has 0 bridgehead atoms. The molecule has 1 N–H and O–H groups in total. The monoisotopic (exact) mass is 264 g/mol. The number of aromatic nitrogens is 2. The zero-order valence-electron chi connectivity index (χ0n) is 10.6. The van der Waals surface area contributed by atoms with E-state index in [1.165, 1.54) is 0 Å². The van der Waals surface area contributed by atoms with E-state index >= 15 is 0 Å². The molecule has 0 spiro atoms. The van der Waals surface area contributed by atoms with Crippen molar-refractivity contribution in [1.29, 1.82) is 0 Å². The molecule has 96 valence electrons. The van der Waals surface area contributed by atoms with E-state index in [9.17, 15) is 5.11 Å². The van der Waals surface area contributed by atoms with Crippen molar-refractivity contribution in [3.63, 3.8) is 0 Å². The molecule has 1 atom stereocenters. The van der Waals surface area contributed by atoms with Crippen LogP contribution in [0.15, 0.2) is 30.6 Å². The number of aryl methyl sites for hydroxylation is 3. The molecular weight excluding hydrogens is 248 g/mol. The summed E-state index contributed by atoms with van der Waals surface area (Å²) in [5.74, 6) is 0. The van der Waals surface area contributed by atoms with E-state index in [0.717, 1.165) is 23.1 Å². The zero-order valence-corrected chi connectivity index (χ0v) is 11.4. The topological polar surface area (TPSA) is 38.1 Å². The van der Waals surface area contributed by atoms with Crippen LogP contribution in [-0.2, 0) is 13.5 Å². The molecule has 1 heterocycles. The second-order valence-corrected chi connectivity index (χ2v) is 4.99. The van der Waals surface area contributed by atoms with Gasteiger partial charge in [0.05, 0.1) is 12.3 Å². The van der Waals surface area contributed by atoms with Gasteiger partial charge in [-0.25, -0.2) is 0 Å². The lowest BCUT2D eigenvalue weighted by Crippen LogP contribution is -1.99. The van der Waals surface area contributed by atoms with Gasteiger partial charge in [-0.3, -0.25) is 4.68 Å². The summed E-state index contributed by atoms with van der Waals surface area (Å²) in [5, 5.41) is 14.9. The first kappa shape index (κ1) is 13.1. The Kier molecular flexibility index (Phi) is 4.04. The average Bonchev–Trinajstić information content (AvgIpc) is 2.75. The van der Waals surface area contributed by atoms with Gasteiger partial charge in [0.1, 0.15) is 0 Å². The number of benzene rings is 1. The fraction of sp³-hybridized carbons (Fsp3) is 0.357. The number of rotatable bonds is 4. The molecule has 1 unspecified atom stereocenters. The Morgan fingerprint density at radius 1 is 1.44 bits per heavy atom. The lowest BCUT2D eigenvalue weighted by molar-refractivity contribution is 0.168. The molecular formula is C14H17ClN2O. The number of nitrogens with zero attached hydrogens (tertiary/aromatic N) is 2. The lowest BCUT2D eigenvalue weighted by atomic mass is 10.0. The van der Waals surface area contributed by atoms with Crippen LogP contribution in [0.5, 0.6) is 0 Å². The molecule has 1 aromatic carbocycles. The van der Waals surface area contributed by atoms with Crippen LogP contribution in [0.25, 0.3) is 0 Å². The molecule has 1 aromatic heterocycles. The third-order valence-electron chi connectivity index (χ3n) is 3.05. The molecule has 18 heavy (non-hydrogen) atoms. The Morgan fingerprint density at radius 2 is 2.22 bits per heavy atom. The van der Waals surface area contributed by atoms with E-state index in [1.54, 1.807) is 4.68 Å². The van der Waals surface area contributed by atoms with Crippen LogP contribution < -0.4 is 0 Å². The molecule has 0 aliphatic rings. The fourth-order valence-electron chi connectivity index (χ4n) is 1.89. The Morgan fingerprint density at radius 3 is 2.83 bits per heavy atom. The first-order valence-corrected chi connectivity index (χ1v) is 6.35. The van der Waals surface area contributed by atoms with Crippen LogP contribution in [0.4, 0.5) is 0 Å². The molecule has 2 aromatic rings. The quantitative estimate of drug-likeness (QED) is 0.922. The van der Waals surface area contributed by atoms with Crippen molar-refractivity contribution in [1.82, 2.24) is 9.78 Å². The van der Waals surface area contributed by atoms with Crippen molar-refractivity contribution >= 4 is 11.6 Å². The van der Waals surface area contributed by atoms with Gasteiger partial charge in [0, 0.05) is 18.3 Å². The largest absolute Gasteiger partial charge is 0.388 e. The molecule has 2 rings (SSSR count). The SMILES string of the molecule is Cc1ccc(C(O)CCc2cnn(C)c2)cc1Cl. The van der Waals surface area contributed by atoms with Crippen molar-refractivity contribution in [2.45, 2.75) is 25.9 Å². The maximum Gasteiger partial charge on any atom is 0.0793 e. The third-order valence-corrected chi connectivity index (χ3v) is 3.45. The van der Waals surface area contributed by atoms with Crippen molar-refractivity contribution in [3.05, 3.63) is 52.3 Å². The number of aliphatic hydroxyl groups is 1. The van der Waals surface area contributed by atoms with Gasteiger partial charge >= 0.3 is 0 Å². The normalized spacial score (nSPS) is 12.7. The summed E-state index contributed by atoms with van der Waals surface area (Å²) in [7, 11) is 1.89. The minimum Gasteiger partial charge on any atom is -0.388 e. The minimum absolute atomic E-state index is 0.483. The third kappa shape index (κ3) is 3.12. The zero-order chi connectivity index (χ0) is 13.1. The van der Waals surface area contributed by atoms with Crippen LogP contribution in [0.2, 0.25) is 5.02 Å². The van der Waals surface area contributed by atoms with Crippen molar-refractivity contribution in [3.8, 4) is 0 Å². The molecule has 0 saturated carbocycles. The van der Waals surface area contributed by atoms with Gasteiger partial charge in [-0.2, -0.15) is 5.10 Å². The van der Waals surface area contributed by atoms with Crippen LogP contribution in [0.1, 0.15) is 29.2 Å². The van der Waals surface area contributed by atoms with E-state index in [-0.39, 0.29) is 0 Å². The molecule has 0 aliphatic heterocycles. The standard InChI is InChI=1S/C14H17ClN2O/c1-10-3-5-12(7-13(10)15)14(18)6-4-11-8-16-17(2)9-11/h3,5,7-9,14,18H,4,6H2,1-2H3. The van der Waals surface area contributed by atoms with E-state index in [0.29, 0.717) is 11.4 Å². The molecule has 0 aliphatic carbocycles. The van der Waals surface area contributed by atoms with Gasteiger partial charge in [-0.15, -0.1) is 0 Å². The van der Waals surface area contributed by atoms with Crippen LogP contribution >= 0.6 is 11.6 Å². The smallest absolute Gasteiger partial charge is 0.0793 e. The average molecular weight is 265 g/mol. The van der Waals surface area contributed by atoms with Gasteiger partial charge in [-0.05, 0) is 42.5 Å². The Balaban J connectivity index is 1.99. The molecule has 0 amide bonds. The van der Waals surface area contributed by atoms with Gasteiger partial charge in [0.15, 0.2) is 0 Å². The maximum atomic E-state index is 10.1. The number of halogens is 1. The first-order valence-electron chi connectivity index (χ1n) is 5.98. The number of hydrogen-bond acceptors (Lipinski definition) is 2. The number of hydrogen-bond donors (Lipinski definition) is 1. The summed E-state index contributed by atoms with van der Waals surface area (Å²) >= 11 is 6.05. The van der Waals surface area contributed by atoms with Crippen LogP contribution in [-0.4, -0.2) is 14.9 Å². The van der Waals surface area contributed by atoms with Crippen molar-refractivity contribution < 1.29 is 5.11 Å².